The van der Waals surface area contributed by atoms with Crippen molar-refractivity contribution >= 4 is 27.8 Å². The van der Waals surface area contributed by atoms with Gasteiger partial charge in [-0.05, 0) is 5.56 Å². The number of aliphatic carboxylic acids is 1. The van der Waals surface area contributed by atoms with Gasteiger partial charge in [0, 0.05) is 11.7 Å². The molecule has 10 heteroatoms. The summed E-state index contributed by atoms with van der Waals surface area (Å²) in [5, 5.41) is 14.1. The Kier molecular flexibility index (Phi) is 8.29. The largest absolute Gasteiger partial charge is 0.481 e. The van der Waals surface area contributed by atoms with Crippen molar-refractivity contribution in [3.8, 4) is 0 Å². The molecule has 0 aliphatic heterocycles. The molecule has 0 spiro atoms. The number of alkyl carbamates (subject to hydrolysis) is 1. The smallest absolute Gasteiger partial charge is 0.407 e. The van der Waals surface area contributed by atoms with E-state index >= 15 is 0 Å². The van der Waals surface area contributed by atoms with E-state index in [2.05, 4.69) is 10.6 Å². The van der Waals surface area contributed by atoms with Crippen molar-refractivity contribution in [3.63, 3.8) is 0 Å². The monoisotopic (exact) mass is 384 g/mol. The highest BCUT2D eigenvalue weighted by atomic mass is 32.2. The second-order valence-corrected chi connectivity index (χ2v) is 7.28. The lowest BCUT2D eigenvalue weighted by Crippen LogP contribution is -2.42. The molecule has 0 fully saturated rings. The molecule has 142 valence electrons. The van der Waals surface area contributed by atoms with E-state index in [1.807, 2.05) is 6.07 Å². The Morgan fingerprint density at radius 2 is 1.88 bits per heavy atom. The SMILES string of the molecule is CS(=O)(=O)/C=C/C(CC(=O)O)NC(=O)CNC(=O)OCc1ccccc1. The van der Waals surface area contributed by atoms with Gasteiger partial charge in [0.15, 0.2) is 9.84 Å². The number of sulfone groups is 1. The molecule has 2 amide bonds. The van der Waals surface area contributed by atoms with Crippen molar-refractivity contribution in [3.05, 3.63) is 47.4 Å². The molecule has 0 radical (unpaired) electrons. The summed E-state index contributed by atoms with van der Waals surface area (Å²) in [6.45, 7) is -0.413. The standard InChI is InChI=1S/C16H20N2O7S/c1-26(23,24)8-7-13(9-15(20)21)18-14(19)10-17-16(22)25-11-12-5-3-2-4-6-12/h2-8,13H,9-11H2,1H3,(H,17,22)(H,18,19)(H,20,21)/b8-7+. The quantitative estimate of drug-likeness (QED) is 0.561. The number of nitrogens with one attached hydrogen (secondary N) is 2. The third-order valence-corrected chi connectivity index (χ3v) is 3.56. The van der Waals surface area contributed by atoms with Gasteiger partial charge in [-0.25, -0.2) is 13.2 Å². The van der Waals surface area contributed by atoms with Crippen LogP contribution < -0.4 is 10.6 Å². The molecule has 0 aliphatic rings. The van der Waals surface area contributed by atoms with Gasteiger partial charge in [0.25, 0.3) is 0 Å². The first-order valence-electron chi connectivity index (χ1n) is 7.49. The summed E-state index contributed by atoms with van der Waals surface area (Å²) >= 11 is 0. The highest BCUT2D eigenvalue weighted by Gasteiger charge is 2.15. The highest BCUT2D eigenvalue weighted by Crippen LogP contribution is 2.00. The maximum absolute atomic E-state index is 11.8. The number of carbonyl (C=O) groups excluding carboxylic acids is 2. The van der Waals surface area contributed by atoms with Gasteiger partial charge in [-0.1, -0.05) is 36.4 Å². The van der Waals surface area contributed by atoms with Gasteiger partial charge in [0.2, 0.25) is 5.91 Å². The molecule has 1 aromatic rings. The summed E-state index contributed by atoms with van der Waals surface area (Å²) < 4.78 is 27.1. The Bertz CT molecular complexity index is 760. The topological polar surface area (TPSA) is 139 Å². The van der Waals surface area contributed by atoms with Crippen LogP contribution in [0.15, 0.2) is 41.8 Å². The predicted octanol–water partition coefficient (Wildman–Crippen LogP) is 0.431. The summed E-state index contributed by atoms with van der Waals surface area (Å²) in [6.07, 6.45) is 0.684. The van der Waals surface area contributed by atoms with E-state index in [0.29, 0.717) is 0 Å². The molecule has 0 heterocycles. The van der Waals surface area contributed by atoms with Gasteiger partial charge in [-0.2, -0.15) is 0 Å². The second-order valence-electron chi connectivity index (χ2n) is 5.35. The number of hydrogen-bond acceptors (Lipinski definition) is 6. The molecule has 3 N–H and O–H groups in total. The van der Waals surface area contributed by atoms with Crippen LogP contribution in [-0.2, 0) is 30.8 Å². The van der Waals surface area contributed by atoms with Crippen LogP contribution in [0.2, 0.25) is 0 Å². The molecule has 26 heavy (non-hydrogen) atoms. The van der Waals surface area contributed by atoms with Crippen LogP contribution in [0.5, 0.6) is 0 Å². The molecular formula is C16H20N2O7S. The summed E-state index contributed by atoms with van der Waals surface area (Å²) in [6, 6.07) is 7.90. The Labute approximate surface area is 151 Å². The molecule has 0 aliphatic carbocycles. The number of ether oxygens (including phenoxy) is 1. The van der Waals surface area contributed by atoms with E-state index in [9.17, 15) is 22.8 Å². The van der Waals surface area contributed by atoms with E-state index in [-0.39, 0.29) is 6.61 Å². The Morgan fingerprint density at radius 3 is 2.46 bits per heavy atom. The zero-order valence-electron chi connectivity index (χ0n) is 14.0. The lowest BCUT2D eigenvalue weighted by atomic mass is 10.2. The maximum Gasteiger partial charge on any atom is 0.407 e. The zero-order chi connectivity index (χ0) is 19.6. The minimum atomic E-state index is -3.46. The van der Waals surface area contributed by atoms with Crippen molar-refractivity contribution in [2.45, 2.75) is 19.1 Å². The molecule has 1 unspecified atom stereocenters. The van der Waals surface area contributed by atoms with Crippen molar-refractivity contribution in [2.24, 2.45) is 0 Å². The molecule has 0 saturated heterocycles. The fourth-order valence-electron chi connectivity index (χ4n) is 1.78. The number of rotatable bonds is 9. The summed E-state index contributed by atoms with van der Waals surface area (Å²) in [5.74, 6) is -1.91. The number of carboxylic acids is 1. The van der Waals surface area contributed by atoms with Gasteiger partial charge in [-0.3, -0.25) is 9.59 Å². The van der Waals surface area contributed by atoms with E-state index in [1.54, 1.807) is 24.3 Å². The summed E-state index contributed by atoms with van der Waals surface area (Å²) in [5.41, 5.74) is 0.777. The molecule has 0 saturated carbocycles. The highest BCUT2D eigenvalue weighted by molar-refractivity contribution is 7.93. The number of hydrogen-bond donors (Lipinski definition) is 3. The average molecular weight is 384 g/mol. The van der Waals surface area contributed by atoms with Gasteiger partial charge in [0.1, 0.15) is 13.2 Å². The molecule has 0 aromatic heterocycles. The van der Waals surface area contributed by atoms with Crippen LogP contribution in [0.25, 0.3) is 0 Å². The lowest BCUT2D eigenvalue weighted by Gasteiger charge is -2.13. The van der Waals surface area contributed by atoms with Crippen molar-refractivity contribution in [1.29, 1.82) is 0 Å². The summed E-state index contributed by atoms with van der Waals surface area (Å²) in [4.78, 5) is 34.1. The molecule has 1 atom stereocenters. The van der Waals surface area contributed by atoms with Crippen molar-refractivity contribution in [1.82, 2.24) is 10.6 Å². The molecule has 1 aromatic carbocycles. The molecule has 0 bridgehead atoms. The Hall–Kier alpha value is -2.88. The van der Waals surface area contributed by atoms with Gasteiger partial charge >= 0.3 is 12.1 Å². The first-order valence-corrected chi connectivity index (χ1v) is 9.45. The van der Waals surface area contributed by atoms with E-state index in [1.165, 1.54) is 0 Å². The fraction of sp³-hybridized carbons (Fsp3) is 0.312. The third-order valence-electron chi connectivity index (χ3n) is 2.91. The summed E-state index contributed by atoms with van der Waals surface area (Å²) in [7, 11) is -3.46. The zero-order valence-corrected chi connectivity index (χ0v) is 14.9. The van der Waals surface area contributed by atoms with E-state index in [0.717, 1.165) is 23.3 Å². The first-order chi connectivity index (χ1) is 12.2. The van der Waals surface area contributed by atoms with E-state index < -0.39 is 46.8 Å². The number of carboxylic acid groups (broad SMARTS) is 1. The first kappa shape index (κ1) is 21.2. The number of carbonyl (C=O) groups is 3. The third kappa shape index (κ3) is 10.1. The van der Waals surface area contributed by atoms with Crippen LogP contribution in [-0.4, -0.2) is 50.3 Å². The number of amides is 2. The van der Waals surface area contributed by atoms with E-state index in [4.69, 9.17) is 9.84 Å². The van der Waals surface area contributed by atoms with Crippen LogP contribution in [0.4, 0.5) is 4.79 Å². The lowest BCUT2D eigenvalue weighted by molar-refractivity contribution is -0.137. The van der Waals surface area contributed by atoms with Gasteiger partial charge < -0.3 is 20.5 Å². The Balaban J connectivity index is 2.45. The van der Waals surface area contributed by atoms with Crippen LogP contribution in [0.1, 0.15) is 12.0 Å². The second kappa shape index (κ2) is 10.2. The van der Waals surface area contributed by atoms with Crippen LogP contribution in [0.3, 0.4) is 0 Å². The minimum absolute atomic E-state index is 0.0348. The molecule has 9 nitrogen and oxygen atoms in total. The maximum atomic E-state index is 11.8. The normalized spacial score (nSPS) is 12.3. The van der Waals surface area contributed by atoms with Crippen LogP contribution >= 0.6 is 0 Å². The molecule has 1 rings (SSSR count). The van der Waals surface area contributed by atoms with Gasteiger partial charge in [0.05, 0.1) is 12.5 Å². The van der Waals surface area contributed by atoms with Crippen LogP contribution in [0, 0.1) is 0 Å². The van der Waals surface area contributed by atoms with Gasteiger partial charge in [-0.15, -0.1) is 0 Å². The molecular weight excluding hydrogens is 364 g/mol. The fourth-order valence-corrected chi connectivity index (χ4v) is 2.25. The van der Waals surface area contributed by atoms with Crippen molar-refractivity contribution < 1.29 is 32.6 Å². The minimum Gasteiger partial charge on any atom is -0.481 e. The predicted molar refractivity (Wildman–Crippen MR) is 92.8 cm³/mol. The Morgan fingerprint density at radius 1 is 1.23 bits per heavy atom. The van der Waals surface area contributed by atoms with Crippen molar-refractivity contribution in [2.75, 3.05) is 12.8 Å². The average Bonchev–Trinajstić information content (AvgIpc) is 2.56. The number of benzene rings is 1.